The van der Waals surface area contributed by atoms with Crippen LogP contribution in [0, 0.1) is 13.8 Å². The van der Waals surface area contributed by atoms with Crippen molar-refractivity contribution in [3.8, 4) is 11.3 Å². The molecule has 1 aliphatic rings. The zero-order chi connectivity index (χ0) is 21.4. The highest BCUT2D eigenvalue weighted by atomic mass is 16.2. The van der Waals surface area contributed by atoms with Gasteiger partial charge in [-0.15, -0.1) is 0 Å². The van der Waals surface area contributed by atoms with Gasteiger partial charge in [-0.1, -0.05) is 29.8 Å². The summed E-state index contributed by atoms with van der Waals surface area (Å²) in [6.45, 7) is 8.85. The lowest BCUT2D eigenvalue weighted by molar-refractivity contribution is 0.0661. The largest absolute Gasteiger partial charge is 0.339 e. The van der Waals surface area contributed by atoms with Crippen LogP contribution in [-0.2, 0) is 6.54 Å². The third kappa shape index (κ3) is 3.72. The topological polar surface area (TPSA) is 54.3 Å². The third-order valence-corrected chi connectivity index (χ3v) is 6.31. The monoisotopic (exact) mass is 405 g/mol. The van der Waals surface area contributed by atoms with Gasteiger partial charge >= 0.3 is 0 Å². The van der Waals surface area contributed by atoms with Crippen LogP contribution in [0.4, 0.5) is 0 Å². The van der Waals surface area contributed by atoms with Crippen molar-refractivity contribution >= 4 is 16.9 Å². The Morgan fingerprint density at radius 3 is 2.47 bits per heavy atom. The number of carbonyl (C=O) groups is 1. The van der Waals surface area contributed by atoms with Crippen molar-refractivity contribution in [3.05, 3.63) is 47.2 Å². The zero-order valence-corrected chi connectivity index (χ0v) is 18.6. The minimum atomic E-state index is 0.0593. The number of amides is 1. The van der Waals surface area contributed by atoms with Crippen molar-refractivity contribution in [2.75, 3.05) is 27.2 Å². The van der Waals surface area contributed by atoms with Crippen LogP contribution < -0.4 is 0 Å². The van der Waals surface area contributed by atoms with E-state index in [4.69, 9.17) is 4.98 Å². The molecule has 158 valence electrons. The number of likely N-dealkylation sites (tertiary alicyclic amines) is 1. The van der Waals surface area contributed by atoms with Gasteiger partial charge in [0.05, 0.1) is 22.3 Å². The first kappa shape index (κ1) is 20.5. The molecule has 3 heterocycles. The fraction of sp³-hybridized carbons (Fsp3) is 0.458. The van der Waals surface area contributed by atoms with Crippen LogP contribution in [0.2, 0.25) is 0 Å². The second-order valence-electron chi connectivity index (χ2n) is 8.47. The number of aryl methyl sites for hydroxylation is 3. The first-order valence-electron chi connectivity index (χ1n) is 10.8. The normalized spacial score (nSPS) is 15.6. The number of nitrogens with zero attached hydrogens (tertiary/aromatic N) is 5. The Morgan fingerprint density at radius 2 is 1.83 bits per heavy atom. The molecule has 0 unspecified atom stereocenters. The van der Waals surface area contributed by atoms with E-state index in [1.54, 1.807) is 0 Å². The summed E-state index contributed by atoms with van der Waals surface area (Å²) in [7, 11) is 4.08. The van der Waals surface area contributed by atoms with Gasteiger partial charge in [-0.3, -0.25) is 4.79 Å². The molecule has 6 nitrogen and oxygen atoms in total. The lowest BCUT2D eigenvalue weighted by Gasteiger charge is -2.35. The maximum atomic E-state index is 13.7. The number of rotatable bonds is 4. The molecule has 4 rings (SSSR count). The molecule has 30 heavy (non-hydrogen) atoms. The maximum Gasteiger partial charge on any atom is 0.254 e. The van der Waals surface area contributed by atoms with Gasteiger partial charge in [0.25, 0.3) is 5.91 Å². The van der Waals surface area contributed by atoms with E-state index < -0.39 is 0 Å². The fourth-order valence-electron chi connectivity index (χ4n) is 4.35. The average molecular weight is 406 g/mol. The van der Waals surface area contributed by atoms with Crippen LogP contribution in [-0.4, -0.2) is 63.7 Å². The lowest BCUT2D eigenvalue weighted by atomic mass is 10.0. The average Bonchev–Trinajstić information content (AvgIpc) is 3.09. The molecule has 1 fully saturated rings. The highest BCUT2D eigenvalue weighted by molar-refractivity contribution is 6.07. The second-order valence-corrected chi connectivity index (χ2v) is 8.47. The van der Waals surface area contributed by atoms with Gasteiger partial charge < -0.3 is 9.80 Å². The highest BCUT2D eigenvalue weighted by Crippen LogP contribution is 2.29. The summed E-state index contributed by atoms with van der Waals surface area (Å²) in [5.74, 6) is 0.0593. The molecule has 1 saturated heterocycles. The molecule has 0 bridgehead atoms. The Bertz CT molecular complexity index is 1060. The van der Waals surface area contributed by atoms with E-state index in [-0.39, 0.29) is 11.9 Å². The molecule has 1 aliphatic heterocycles. The van der Waals surface area contributed by atoms with Crippen LogP contribution in [0.15, 0.2) is 30.3 Å². The van der Waals surface area contributed by atoms with Gasteiger partial charge in [-0.05, 0) is 59.8 Å². The summed E-state index contributed by atoms with van der Waals surface area (Å²) in [6, 6.07) is 10.5. The molecule has 0 atom stereocenters. The molecule has 0 aliphatic carbocycles. The molecule has 2 aromatic heterocycles. The summed E-state index contributed by atoms with van der Waals surface area (Å²) >= 11 is 0. The van der Waals surface area contributed by atoms with Gasteiger partial charge in [-0.2, -0.15) is 5.10 Å². The summed E-state index contributed by atoms with van der Waals surface area (Å²) < 4.78 is 1.90. The van der Waals surface area contributed by atoms with Crippen molar-refractivity contribution in [2.24, 2.45) is 0 Å². The Labute approximate surface area is 178 Å². The van der Waals surface area contributed by atoms with E-state index in [1.807, 2.05) is 29.6 Å². The number of hydrogen-bond acceptors (Lipinski definition) is 4. The first-order chi connectivity index (χ1) is 14.4. The summed E-state index contributed by atoms with van der Waals surface area (Å²) in [5, 5.41) is 5.53. The number of hydrogen-bond donors (Lipinski definition) is 0. The third-order valence-electron chi connectivity index (χ3n) is 6.31. The summed E-state index contributed by atoms with van der Waals surface area (Å²) in [5.41, 5.74) is 5.38. The highest BCUT2D eigenvalue weighted by Gasteiger charge is 2.28. The molecular weight excluding hydrogens is 374 g/mol. The van der Waals surface area contributed by atoms with E-state index >= 15 is 0 Å². The molecule has 0 radical (unpaired) electrons. The van der Waals surface area contributed by atoms with Crippen LogP contribution in [0.25, 0.3) is 22.3 Å². The standard InChI is InChI=1S/C24H31N5O/c1-6-29-23-22(17(3)26-29)20(15-21(25-23)18-9-7-16(2)8-10-18)24(30)28(5)19-11-13-27(4)14-12-19/h7-10,15,19H,6,11-14H2,1-5H3. The van der Waals surface area contributed by atoms with Crippen LogP contribution in [0.3, 0.4) is 0 Å². The van der Waals surface area contributed by atoms with E-state index in [9.17, 15) is 4.79 Å². The molecule has 3 aromatic rings. The maximum absolute atomic E-state index is 13.7. The molecule has 1 amide bonds. The minimum Gasteiger partial charge on any atom is -0.339 e. The predicted octanol–water partition coefficient (Wildman–Crippen LogP) is 3.90. The Morgan fingerprint density at radius 1 is 1.17 bits per heavy atom. The quantitative estimate of drug-likeness (QED) is 0.661. The van der Waals surface area contributed by atoms with Gasteiger partial charge in [0, 0.05) is 25.2 Å². The SMILES string of the molecule is CCn1nc(C)c2c(C(=O)N(C)C3CCN(C)CC3)cc(-c3ccc(C)cc3)nc21. The number of aromatic nitrogens is 3. The van der Waals surface area contributed by atoms with Crippen molar-refractivity contribution < 1.29 is 4.79 Å². The minimum absolute atomic E-state index is 0.0593. The molecule has 1 aromatic carbocycles. The Balaban J connectivity index is 1.81. The van der Waals surface area contributed by atoms with Gasteiger partial charge in [-0.25, -0.2) is 9.67 Å². The summed E-state index contributed by atoms with van der Waals surface area (Å²) in [6.07, 6.45) is 2.01. The molecule has 0 N–H and O–H groups in total. The van der Waals surface area contributed by atoms with Crippen LogP contribution in [0.5, 0.6) is 0 Å². The summed E-state index contributed by atoms with van der Waals surface area (Å²) in [4.78, 5) is 22.8. The number of carbonyl (C=O) groups excluding carboxylic acids is 1. The van der Waals surface area contributed by atoms with E-state index in [0.717, 1.165) is 53.9 Å². The Kier molecular flexibility index (Phi) is 5.60. The molecular formula is C24H31N5O. The number of benzene rings is 1. The number of pyridine rings is 1. The van der Waals surface area contributed by atoms with Crippen molar-refractivity contribution in [3.63, 3.8) is 0 Å². The van der Waals surface area contributed by atoms with E-state index in [1.165, 1.54) is 5.56 Å². The van der Waals surface area contributed by atoms with E-state index in [0.29, 0.717) is 12.1 Å². The van der Waals surface area contributed by atoms with E-state index in [2.05, 4.69) is 55.2 Å². The smallest absolute Gasteiger partial charge is 0.254 e. The zero-order valence-electron chi connectivity index (χ0n) is 18.6. The fourth-order valence-corrected chi connectivity index (χ4v) is 4.35. The predicted molar refractivity (Wildman–Crippen MR) is 121 cm³/mol. The Hall–Kier alpha value is -2.73. The number of piperidine rings is 1. The second kappa shape index (κ2) is 8.19. The van der Waals surface area contributed by atoms with Gasteiger partial charge in [0.15, 0.2) is 5.65 Å². The molecule has 0 saturated carbocycles. The molecule has 0 spiro atoms. The molecule has 6 heteroatoms. The van der Waals surface area contributed by atoms with Crippen molar-refractivity contribution in [1.82, 2.24) is 24.6 Å². The lowest BCUT2D eigenvalue weighted by Crippen LogP contribution is -2.44. The number of fused-ring (bicyclic) bond motifs is 1. The first-order valence-corrected chi connectivity index (χ1v) is 10.8. The van der Waals surface area contributed by atoms with Gasteiger partial charge in [0.1, 0.15) is 0 Å². The van der Waals surface area contributed by atoms with Crippen LogP contribution in [0.1, 0.15) is 41.4 Å². The van der Waals surface area contributed by atoms with Crippen molar-refractivity contribution in [2.45, 2.75) is 46.2 Å². The van der Waals surface area contributed by atoms with Gasteiger partial charge in [0.2, 0.25) is 0 Å². The van der Waals surface area contributed by atoms with Crippen LogP contribution >= 0.6 is 0 Å². The van der Waals surface area contributed by atoms with Crippen molar-refractivity contribution in [1.29, 1.82) is 0 Å².